The zero-order valence-electron chi connectivity index (χ0n) is 10.9. The first kappa shape index (κ1) is 12.3. The summed E-state index contributed by atoms with van der Waals surface area (Å²) in [5.41, 5.74) is 3.79. The Labute approximate surface area is 113 Å². The molecule has 0 aliphatic carbocycles. The Balaban J connectivity index is 2.41. The zero-order valence-corrected chi connectivity index (χ0v) is 10.9. The van der Waals surface area contributed by atoms with Crippen molar-refractivity contribution in [3.8, 4) is 5.75 Å². The normalized spacial score (nSPS) is 11.1. The summed E-state index contributed by atoms with van der Waals surface area (Å²) in [6, 6.07) is 5.92. The molecule has 0 bridgehead atoms. The smallest absolute Gasteiger partial charge is 0.271 e. The largest absolute Gasteiger partial charge is 0.508 e. The Morgan fingerprint density at radius 1 is 1.05 bits per heavy atom. The molecule has 0 fully saturated rings. The lowest BCUT2D eigenvalue weighted by atomic mass is 10.1. The molecule has 1 heterocycles. The van der Waals surface area contributed by atoms with Gasteiger partial charge in [-0.15, -0.1) is 0 Å². The fourth-order valence-corrected chi connectivity index (χ4v) is 2.15. The van der Waals surface area contributed by atoms with E-state index in [0.29, 0.717) is 22.1 Å². The number of phenols is 1. The monoisotopic (exact) mass is 269 g/mol. The maximum Gasteiger partial charge on any atom is 0.271 e. The van der Waals surface area contributed by atoms with Crippen LogP contribution < -0.4 is 0 Å². The summed E-state index contributed by atoms with van der Waals surface area (Å²) in [7, 11) is 0. The number of fused-ring (bicyclic) bond motifs is 2. The van der Waals surface area contributed by atoms with Crippen molar-refractivity contribution < 1.29 is 10.0 Å². The number of nitro benzene ring substituents is 1. The molecule has 3 rings (SSSR count). The molecule has 2 aromatic carbocycles. The Morgan fingerprint density at radius 3 is 2.50 bits per heavy atom. The number of phenolic OH excluding ortho intramolecular Hbond substituents is 1. The Morgan fingerprint density at radius 2 is 1.80 bits per heavy atom. The van der Waals surface area contributed by atoms with Crippen molar-refractivity contribution >= 4 is 27.8 Å². The number of benzene rings is 2. The van der Waals surface area contributed by atoms with Crippen LogP contribution in [-0.4, -0.2) is 20.0 Å². The Bertz CT molecular complexity index is 875. The molecule has 20 heavy (non-hydrogen) atoms. The number of non-ortho nitro benzene ring substituents is 1. The summed E-state index contributed by atoms with van der Waals surface area (Å²) >= 11 is 0. The minimum Gasteiger partial charge on any atom is -0.508 e. The SMILES string of the molecule is Cc1c(O)cc2nc3ccc([N+](=O)[O-])cc3nc2c1C. The lowest BCUT2D eigenvalue weighted by Gasteiger charge is -2.08. The van der Waals surface area contributed by atoms with E-state index >= 15 is 0 Å². The van der Waals surface area contributed by atoms with Crippen molar-refractivity contribution in [2.45, 2.75) is 13.8 Å². The van der Waals surface area contributed by atoms with Crippen LogP contribution in [0.5, 0.6) is 5.75 Å². The van der Waals surface area contributed by atoms with Gasteiger partial charge >= 0.3 is 0 Å². The lowest BCUT2D eigenvalue weighted by Crippen LogP contribution is -1.94. The van der Waals surface area contributed by atoms with Gasteiger partial charge in [0.05, 0.1) is 27.0 Å². The van der Waals surface area contributed by atoms with Crippen molar-refractivity contribution in [3.63, 3.8) is 0 Å². The molecule has 6 nitrogen and oxygen atoms in total. The molecular weight excluding hydrogens is 258 g/mol. The summed E-state index contributed by atoms with van der Waals surface area (Å²) in [4.78, 5) is 19.2. The summed E-state index contributed by atoms with van der Waals surface area (Å²) < 4.78 is 0. The van der Waals surface area contributed by atoms with Gasteiger partial charge in [-0.3, -0.25) is 10.1 Å². The maximum atomic E-state index is 10.8. The number of aromatic nitrogens is 2. The molecule has 3 aromatic rings. The van der Waals surface area contributed by atoms with Crippen molar-refractivity contribution in [1.82, 2.24) is 9.97 Å². The number of hydrogen-bond donors (Lipinski definition) is 1. The van der Waals surface area contributed by atoms with E-state index in [1.165, 1.54) is 12.1 Å². The molecule has 100 valence electrons. The number of hydrogen-bond acceptors (Lipinski definition) is 5. The first-order valence-electron chi connectivity index (χ1n) is 6.02. The van der Waals surface area contributed by atoms with Gasteiger partial charge < -0.3 is 5.11 Å². The number of aromatic hydroxyl groups is 1. The van der Waals surface area contributed by atoms with E-state index in [9.17, 15) is 15.2 Å². The van der Waals surface area contributed by atoms with Crippen LogP contribution in [0.1, 0.15) is 11.1 Å². The first-order chi connectivity index (χ1) is 9.47. The summed E-state index contributed by atoms with van der Waals surface area (Å²) in [5, 5.41) is 20.6. The van der Waals surface area contributed by atoms with E-state index in [-0.39, 0.29) is 11.4 Å². The first-order valence-corrected chi connectivity index (χ1v) is 6.02. The van der Waals surface area contributed by atoms with Crippen molar-refractivity contribution in [2.75, 3.05) is 0 Å². The minimum absolute atomic E-state index is 0.0145. The highest BCUT2D eigenvalue weighted by Crippen LogP contribution is 2.29. The summed E-state index contributed by atoms with van der Waals surface area (Å²) in [6.45, 7) is 3.64. The van der Waals surface area contributed by atoms with E-state index in [2.05, 4.69) is 9.97 Å². The molecule has 0 aliphatic rings. The van der Waals surface area contributed by atoms with Crippen LogP contribution >= 0.6 is 0 Å². The van der Waals surface area contributed by atoms with Crippen molar-refractivity contribution in [1.29, 1.82) is 0 Å². The van der Waals surface area contributed by atoms with E-state index < -0.39 is 4.92 Å². The predicted octanol–water partition coefficient (Wildman–Crippen LogP) is 3.01. The molecule has 0 saturated heterocycles. The minimum atomic E-state index is -0.458. The number of nitrogens with zero attached hydrogens (tertiary/aromatic N) is 3. The molecule has 0 amide bonds. The lowest BCUT2D eigenvalue weighted by molar-refractivity contribution is -0.384. The van der Waals surface area contributed by atoms with E-state index in [4.69, 9.17) is 0 Å². The van der Waals surface area contributed by atoms with Crippen LogP contribution in [0.3, 0.4) is 0 Å². The third-order valence-corrected chi connectivity index (χ3v) is 3.46. The van der Waals surface area contributed by atoms with Crippen molar-refractivity contribution in [2.24, 2.45) is 0 Å². The quantitative estimate of drug-likeness (QED) is 0.416. The van der Waals surface area contributed by atoms with Gasteiger partial charge in [-0.25, -0.2) is 9.97 Å². The van der Waals surface area contributed by atoms with Crippen LogP contribution in [0.4, 0.5) is 5.69 Å². The van der Waals surface area contributed by atoms with Crippen LogP contribution in [-0.2, 0) is 0 Å². The predicted molar refractivity (Wildman–Crippen MR) is 74.8 cm³/mol. The second kappa shape index (κ2) is 4.12. The number of nitro groups is 1. The number of rotatable bonds is 1. The molecule has 1 N–H and O–H groups in total. The fourth-order valence-electron chi connectivity index (χ4n) is 2.15. The number of aryl methyl sites for hydroxylation is 1. The van der Waals surface area contributed by atoms with Crippen LogP contribution in [0.15, 0.2) is 24.3 Å². The van der Waals surface area contributed by atoms with E-state index in [1.807, 2.05) is 6.92 Å². The van der Waals surface area contributed by atoms with Gasteiger partial charge in [0.25, 0.3) is 5.69 Å². The highest BCUT2D eigenvalue weighted by molar-refractivity contribution is 5.90. The average molecular weight is 269 g/mol. The molecular formula is C14H11N3O3. The maximum absolute atomic E-state index is 10.8. The third-order valence-electron chi connectivity index (χ3n) is 3.46. The standard InChI is InChI=1S/C14H11N3O3/c1-7-8(2)14-12(6-13(7)18)15-10-4-3-9(17(19)20)5-11(10)16-14/h3-6,18H,1-2H3. The second-order valence-electron chi connectivity index (χ2n) is 4.67. The van der Waals surface area contributed by atoms with E-state index in [0.717, 1.165) is 11.1 Å². The van der Waals surface area contributed by atoms with Crippen LogP contribution in [0.2, 0.25) is 0 Å². The molecule has 0 spiro atoms. The Hall–Kier alpha value is -2.76. The molecule has 6 heteroatoms. The van der Waals surface area contributed by atoms with Gasteiger partial charge in [0, 0.05) is 18.2 Å². The Kier molecular flexibility index (Phi) is 2.53. The molecule has 1 aromatic heterocycles. The molecule has 0 aliphatic heterocycles. The van der Waals surface area contributed by atoms with Gasteiger partial charge in [0.1, 0.15) is 5.75 Å². The third kappa shape index (κ3) is 1.73. The zero-order chi connectivity index (χ0) is 14.4. The summed E-state index contributed by atoms with van der Waals surface area (Å²) in [5.74, 6) is 0.172. The van der Waals surface area contributed by atoms with Gasteiger partial charge in [0.2, 0.25) is 0 Å². The highest BCUT2D eigenvalue weighted by atomic mass is 16.6. The van der Waals surface area contributed by atoms with Gasteiger partial charge in [-0.1, -0.05) is 0 Å². The molecule has 0 unspecified atom stereocenters. The highest BCUT2D eigenvalue weighted by Gasteiger charge is 2.12. The van der Waals surface area contributed by atoms with Crippen molar-refractivity contribution in [3.05, 3.63) is 45.5 Å². The average Bonchev–Trinajstić information content (AvgIpc) is 2.43. The second-order valence-corrected chi connectivity index (χ2v) is 4.67. The van der Waals surface area contributed by atoms with Crippen LogP contribution in [0.25, 0.3) is 22.1 Å². The van der Waals surface area contributed by atoms with E-state index in [1.54, 1.807) is 19.1 Å². The van der Waals surface area contributed by atoms with Crippen LogP contribution in [0, 0.1) is 24.0 Å². The van der Waals surface area contributed by atoms with Gasteiger partial charge in [-0.05, 0) is 31.0 Å². The molecule has 0 radical (unpaired) electrons. The topological polar surface area (TPSA) is 89.2 Å². The van der Waals surface area contributed by atoms with Gasteiger partial charge in [0.15, 0.2) is 0 Å². The summed E-state index contributed by atoms with van der Waals surface area (Å²) in [6.07, 6.45) is 0. The molecule has 0 saturated carbocycles. The van der Waals surface area contributed by atoms with Gasteiger partial charge in [-0.2, -0.15) is 0 Å². The fraction of sp³-hybridized carbons (Fsp3) is 0.143. The molecule has 0 atom stereocenters.